The van der Waals surface area contributed by atoms with Crippen molar-refractivity contribution in [3.05, 3.63) is 57.4 Å². The Kier molecular flexibility index (Phi) is 3.59. The van der Waals surface area contributed by atoms with E-state index in [0.717, 1.165) is 12.1 Å². The summed E-state index contributed by atoms with van der Waals surface area (Å²) in [5.74, 6) is -4.31. The van der Waals surface area contributed by atoms with Crippen LogP contribution in [0.3, 0.4) is 0 Å². The lowest BCUT2D eigenvalue weighted by molar-refractivity contribution is 0.448. The van der Waals surface area contributed by atoms with Gasteiger partial charge in [-0.1, -0.05) is 17.7 Å². The van der Waals surface area contributed by atoms with Gasteiger partial charge in [-0.3, -0.25) is 0 Å². The van der Waals surface area contributed by atoms with Crippen LogP contribution in [0.15, 0.2) is 34.8 Å². The van der Waals surface area contributed by atoms with Gasteiger partial charge in [0.25, 0.3) is 0 Å². The summed E-state index contributed by atoms with van der Waals surface area (Å²) in [6, 6.07) is 7.07. The van der Waals surface area contributed by atoms with E-state index in [1.54, 1.807) is 18.2 Å². The summed E-state index contributed by atoms with van der Waals surface area (Å²) in [4.78, 5) is 8.11. The highest BCUT2D eigenvalue weighted by atomic mass is 79.9. The molecule has 7 heteroatoms. The molecule has 0 aliphatic carbocycles. The minimum atomic E-state index is -1.57. The van der Waals surface area contributed by atoms with Gasteiger partial charge in [0.1, 0.15) is 5.15 Å². The molecule has 0 amide bonds. The van der Waals surface area contributed by atoms with E-state index < -0.39 is 17.5 Å². The Morgan fingerprint density at radius 2 is 1.71 bits per heavy atom. The molecule has 0 saturated carbocycles. The molecule has 1 aromatic heterocycles. The first-order chi connectivity index (χ1) is 9.99. The normalized spacial score (nSPS) is 11.1. The molecule has 0 unspecified atom stereocenters. The van der Waals surface area contributed by atoms with Crippen molar-refractivity contribution in [1.29, 1.82) is 0 Å². The molecule has 3 rings (SSSR count). The summed E-state index contributed by atoms with van der Waals surface area (Å²) < 4.78 is 40.8. The van der Waals surface area contributed by atoms with Gasteiger partial charge in [0, 0.05) is 9.86 Å². The van der Waals surface area contributed by atoms with Crippen molar-refractivity contribution >= 4 is 38.4 Å². The zero-order valence-electron chi connectivity index (χ0n) is 10.2. The number of benzene rings is 2. The third-order valence-corrected chi connectivity index (χ3v) is 3.83. The summed E-state index contributed by atoms with van der Waals surface area (Å²) in [5, 5.41) is 0.665. The monoisotopic (exact) mass is 372 g/mol. The number of fused-ring (bicyclic) bond motifs is 1. The first-order valence-corrected chi connectivity index (χ1v) is 6.92. The van der Waals surface area contributed by atoms with Gasteiger partial charge in [0.2, 0.25) is 0 Å². The van der Waals surface area contributed by atoms with Gasteiger partial charge in [-0.25, -0.2) is 23.1 Å². The first-order valence-electron chi connectivity index (χ1n) is 5.74. The SMILES string of the molecule is Fc1ccc(-c2nc(Cl)c3cccc(Br)c3n2)c(F)c1F. The maximum atomic E-state index is 13.8. The van der Waals surface area contributed by atoms with Crippen LogP contribution in [0.2, 0.25) is 5.15 Å². The number of hydrogen-bond donors (Lipinski definition) is 0. The van der Waals surface area contributed by atoms with E-state index in [1.165, 1.54) is 0 Å². The van der Waals surface area contributed by atoms with E-state index in [2.05, 4.69) is 25.9 Å². The maximum Gasteiger partial charge on any atom is 0.195 e. The van der Waals surface area contributed by atoms with Gasteiger partial charge in [-0.2, -0.15) is 0 Å². The lowest BCUT2D eigenvalue weighted by Crippen LogP contribution is -1.98. The molecule has 0 saturated heterocycles. The average Bonchev–Trinajstić information content (AvgIpc) is 2.46. The minimum absolute atomic E-state index is 0.0976. The molecule has 0 atom stereocenters. The zero-order valence-corrected chi connectivity index (χ0v) is 12.5. The maximum absolute atomic E-state index is 13.8. The van der Waals surface area contributed by atoms with Crippen LogP contribution in [0.1, 0.15) is 0 Å². The smallest absolute Gasteiger partial charge is 0.195 e. The Morgan fingerprint density at radius 1 is 0.952 bits per heavy atom. The van der Waals surface area contributed by atoms with E-state index in [9.17, 15) is 13.2 Å². The summed E-state index contributed by atoms with van der Waals surface area (Å²) in [6.45, 7) is 0. The molecule has 2 nitrogen and oxygen atoms in total. The van der Waals surface area contributed by atoms with Crippen LogP contribution in [0.25, 0.3) is 22.3 Å². The molecule has 0 radical (unpaired) electrons. The number of para-hydroxylation sites is 1. The molecule has 0 aliphatic rings. The van der Waals surface area contributed by atoms with Gasteiger partial charge < -0.3 is 0 Å². The molecule has 0 bridgehead atoms. The lowest BCUT2D eigenvalue weighted by Gasteiger charge is -2.07. The molecular formula is C14H5BrClF3N2. The van der Waals surface area contributed by atoms with Crippen molar-refractivity contribution in [3.8, 4) is 11.4 Å². The van der Waals surface area contributed by atoms with Crippen LogP contribution >= 0.6 is 27.5 Å². The molecule has 106 valence electrons. The molecule has 0 aliphatic heterocycles. The van der Waals surface area contributed by atoms with Crippen LogP contribution in [0.4, 0.5) is 13.2 Å². The summed E-state index contributed by atoms with van der Waals surface area (Å²) >= 11 is 9.35. The molecule has 1 heterocycles. The fourth-order valence-corrected chi connectivity index (χ4v) is 2.59. The van der Waals surface area contributed by atoms with E-state index >= 15 is 0 Å². The molecule has 21 heavy (non-hydrogen) atoms. The van der Waals surface area contributed by atoms with Crippen LogP contribution in [-0.4, -0.2) is 9.97 Å². The van der Waals surface area contributed by atoms with Crippen molar-refractivity contribution in [3.63, 3.8) is 0 Å². The predicted octanol–water partition coefficient (Wildman–Crippen LogP) is 5.13. The van der Waals surface area contributed by atoms with Crippen LogP contribution in [0.5, 0.6) is 0 Å². The molecule has 2 aromatic carbocycles. The zero-order chi connectivity index (χ0) is 15.1. The molecule has 0 fully saturated rings. The second-order valence-electron chi connectivity index (χ2n) is 4.20. The van der Waals surface area contributed by atoms with Gasteiger partial charge in [-0.15, -0.1) is 0 Å². The summed E-state index contributed by atoms with van der Waals surface area (Å²) in [6.07, 6.45) is 0. The highest BCUT2D eigenvalue weighted by Gasteiger charge is 2.18. The van der Waals surface area contributed by atoms with E-state index in [4.69, 9.17) is 11.6 Å². The third-order valence-electron chi connectivity index (χ3n) is 2.91. The standard InChI is InChI=1S/C14H5BrClF3N2/c15-8-3-1-2-7-12(8)20-14(21-13(7)16)6-4-5-9(17)11(19)10(6)18/h1-5H. The van der Waals surface area contributed by atoms with E-state index in [1.807, 2.05) is 0 Å². The first kappa shape index (κ1) is 14.3. The van der Waals surface area contributed by atoms with Crippen molar-refractivity contribution in [1.82, 2.24) is 9.97 Å². The number of hydrogen-bond acceptors (Lipinski definition) is 2. The Hall–Kier alpha value is -1.66. The van der Waals surface area contributed by atoms with E-state index in [-0.39, 0.29) is 16.5 Å². The second-order valence-corrected chi connectivity index (χ2v) is 5.41. The van der Waals surface area contributed by atoms with Crippen LogP contribution in [-0.2, 0) is 0 Å². The van der Waals surface area contributed by atoms with Gasteiger partial charge in [0.15, 0.2) is 23.3 Å². The fourth-order valence-electron chi connectivity index (χ4n) is 1.90. The molecule has 0 spiro atoms. The van der Waals surface area contributed by atoms with Gasteiger partial charge >= 0.3 is 0 Å². The fraction of sp³-hybridized carbons (Fsp3) is 0. The predicted molar refractivity (Wildman–Crippen MR) is 77.6 cm³/mol. The summed E-state index contributed by atoms with van der Waals surface area (Å²) in [7, 11) is 0. The van der Waals surface area contributed by atoms with Crippen LogP contribution in [0, 0.1) is 17.5 Å². The second kappa shape index (κ2) is 5.27. The van der Waals surface area contributed by atoms with Crippen molar-refractivity contribution in [2.24, 2.45) is 0 Å². The van der Waals surface area contributed by atoms with E-state index in [0.29, 0.717) is 15.4 Å². The quantitative estimate of drug-likeness (QED) is 0.436. The van der Waals surface area contributed by atoms with Crippen molar-refractivity contribution in [2.45, 2.75) is 0 Å². The molecule has 3 aromatic rings. The van der Waals surface area contributed by atoms with Gasteiger partial charge in [0.05, 0.1) is 11.1 Å². The van der Waals surface area contributed by atoms with Crippen molar-refractivity contribution < 1.29 is 13.2 Å². The Bertz CT molecular complexity index is 870. The number of nitrogens with zero attached hydrogens (tertiary/aromatic N) is 2. The van der Waals surface area contributed by atoms with Crippen LogP contribution < -0.4 is 0 Å². The highest BCUT2D eigenvalue weighted by Crippen LogP contribution is 2.31. The molecule has 0 N–H and O–H groups in total. The number of aromatic nitrogens is 2. The highest BCUT2D eigenvalue weighted by molar-refractivity contribution is 9.10. The Labute approximate surface area is 130 Å². The molecular weight excluding hydrogens is 369 g/mol. The Balaban J connectivity index is 2.32. The lowest BCUT2D eigenvalue weighted by atomic mass is 10.1. The Morgan fingerprint density at radius 3 is 2.48 bits per heavy atom. The third kappa shape index (κ3) is 2.38. The summed E-state index contributed by atoms with van der Waals surface area (Å²) in [5.41, 5.74) is 0.199. The van der Waals surface area contributed by atoms with Gasteiger partial charge in [-0.05, 0) is 40.2 Å². The largest absolute Gasteiger partial charge is 0.227 e. The number of rotatable bonds is 1. The van der Waals surface area contributed by atoms with Crippen molar-refractivity contribution in [2.75, 3.05) is 0 Å². The number of halogens is 5. The topological polar surface area (TPSA) is 25.8 Å². The minimum Gasteiger partial charge on any atom is -0.227 e. The average molecular weight is 374 g/mol.